The fourth-order valence-electron chi connectivity index (χ4n) is 4.18. The lowest BCUT2D eigenvalue weighted by Crippen LogP contribution is -2.31. The van der Waals surface area contributed by atoms with Crippen LogP contribution in [0, 0.1) is 6.92 Å². The van der Waals surface area contributed by atoms with Gasteiger partial charge in [0.05, 0.1) is 22.7 Å². The van der Waals surface area contributed by atoms with Crippen LogP contribution in [0.3, 0.4) is 0 Å². The summed E-state index contributed by atoms with van der Waals surface area (Å²) in [5.74, 6) is 1.77. The number of aromatic nitrogens is 3. The molecule has 1 aliphatic rings. The van der Waals surface area contributed by atoms with Gasteiger partial charge in [-0.15, -0.1) is 17.7 Å². The fourth-order valence-corrected chi connectivity index (χ4v) is 4.57. The van der Waals surface area contributed by atoms with Gasteiger partial charge in [-0.25, -0.2) is 0 Å². The van der Waals surface area contributed by atoms with Crippen LogP contribution in [0.1, 0.15) is 23.7 Å². The Hall–Kier alpha value is -2.99. The second-order valence-electron chi connectivity index (χ2n) is 7.59. The average Bonchev–Trinajstić information content (AvgIpc) is 3.13. The van der Waals surface area contributed by atoms with E-state index >= 15 is 0 Å². The zero-order chi connectivity index (χ0) is 20.7. The van der Waals surface area contributed by atoms with Crippen LogP contribution in [0.25, 0.3) is 16.5 Å². The molecule has 0 bridgehead atoms. The number of nitrogens with zero attached hydrogens (tertiary/aromatic N) is 4. The van der Waals surface area contributed by atoms with E-state index in [-0.39, 0.29) is 0 Å². The van der Waals surface area contributed by atoms with Gasteiger partial charge >= 0.3 is 0 Å². The Kier molecular flexibility index (Phi) is 4.87. The van der Waals surface area contributed by atoms with Gasteiger partial charge in [-0.2, -0.15) is 5.10 Å². The monoisotopic (exact) mass is 416 g/mol. The zero-order valence-corrected chi connectivity index (χ0v) is 18.1. The van der Waals surface area contributed by atoms with Crippen LogP contribution in [-0.2, 0) is 13.0 Å². The van der Waals surface area contributed by atoms with E-state index < -0.39 is 0 Å². The normalized spacial score (nSPS) is 13.5. The number of hydrogen-bond donors (Lipinski definition) is 1. The molecule has 5 nitrogen and oxygen atoms in total. The van der Waals surface area contributed by atoms with Crippen LogP contribution in [-0.4, -0.2) is 27.9 Å². The fraction of sp³-hybridized carbons (Fsp3) is 0.250. The number of benzene rings is 2. The van der Waals surface area contributed by atoms with Crippen LogP contribution in [0.4, 0.5) is 5.82 Å². The van der Waals surface area contributed by atoms with Gasteiger partial charge in [0.1, 0.15) is 5.75 Å². The number of rotatable bonds is 4. The second-order valence-corrected chi connectivity index (χ2v) is 8.01. The number of aryl methyl sites for hydroxylation is 1. The minimum Gasteiger partial charge on any atom is -0.494 e. The first-order chi connectivity index (χ1) is 14.7. The average molecular weight is 417 g/mol. The molecular formula is C24H24N4OS. The predicted molar refractivity (Wildman–Crippen MR) is 123 cm³/mol. The third-order valence-corrected chi connectivity index (χ3v) is 6.18. The van der Waals surface area contributed by atoms with E-state index in [1.165, 1.54) is 11.1 Å². The van der Waals surface area contributed by atoms with Crippen molar-refractivity contribution in [2.45, 2.75) is 31.8 Å². The molecule has 5 rings (SSSR count). The Morgan fingerprint density at radius 2 is 1.80 bits per heavy atom. The summed E-state index contributed by atoms with van der Waals surface area (Å²) in [5, 5.41) is 12.1. The van der Waals surface area contributed by atoms with E-state index in [2.05, 4.69) is 62.3 Å². The Labute approximate surface area is 181 Å². The molecule has 0 aliphatic carbocycles. The van der Waals surface area contributed by atoms with Crippen LogP contribution < -0.4 is 9.64 Å². The van der Waals surface area contributed by atoms with Crippen molar-refractivity contribution in [1.29, 1.82) is 0 Å². The Morgan fingerprint density at radius 3 is 2.57 bits per heavy atom. The van der Waals surface area contributed by atoms with Gasteiger partial charge in [-0.1, -0.05) is 24.3 Å². The summed E-state index contributed by atoms with van der Waals surface area (Å²) in [6, 6.07) is 16.7. The van der Waals surface area contributed by atoms with Crippen LogP contribution in [0.2, 0.25) is 0 Å². The lowest BCUT2D eigenvalue weighted by atomic mass is 10.00. The summed E-state index contributed by atoms with van der Waals surface area (Å²) in [6.07, 6.45) is 3.12. The lowest BCUT2D eigenvalue weighted by Gasteiger charge is -2.30. The first-order valence-corrected chi connectivity index (χ1v) is 10.7. The Morgan fingerprint density at radius 1 is 1.03 bits per heavy atom. The van der Waals surface area contributed by atoms with Gasteiger partial charge < -0.3 is 14.2 Å². The molecule has 0 saturated carbocycles. The summed E-state index contributed by atoms with van der Waals surface area (Å²) >= 11 is 4.92. The number of anilines is 1. The standard InChI is InChI=1S/C24H24N4OS/c1-3-29-20-10-8-19(9-11-20)28-15-21-16(2)25-26-23(22(21)24(28)30)27-13-12-17-6-4-5-7-18(17)14-27/h4-11,15,30H,3,12-14H2,1-2H3. The van der Waals surface area contributed by atoms with Crippen molar-refractivity contribution < 1.29 is 4.74 Å². The van der Waals surface area contributed by atoms with E-state index in [0.29, 0.717) is 6.61 Å². The van der Waals surface area contributed by atoms with Crippen LogP contribution in [0.5, 0.6) is 5.75 Å². The molecule has 0 N–H and O–H groups in total. The van der Waals surface area contributed by atoms with Crippen molar-refractivity contribution in [2.75, 3.05) is 18.1 Å². The van der Waals surface area contributed by atoms with E-state index in [1.54, 1.807) is 0 Å². The minimum absolute atomic E-state index is 0.656. The van der Waals surface area contributed by atoms with Crippen molar-refractivity contribution in [3.63, 3.8) is 0 Å². The number of thiol groups is 1. The topological polar surface area (TPSA) is 43.2 Å². The predicted octanol–water partition coefficient (Wildman–Crippen LogP) is 4.98. The van der Waals surface area contributed by atoms with Crippen molar-refractivity contribution in [1.82, 2.24) is 14.8 Å². The van der Waals surface area contributed by atoms with Gasteiger partial charge in [-0.05, 0) is 55.7 Å². The zero-order valence-electron chi connectivity index (χ0n) is 17.2. The van der Waals surface area contributed by atoms with E-state index in [4.69, 9.17) is 17.4 Å². The Bertz CT molecular complexity index is 1220. The molecule has 152 valence electrons. The van der Waals surface area contributed by atoms with E-state index in [1.807, 2.05) is 26.0 Å². The summed E-state index contributed by atoms with van der Waals surface area (Å²) in [4.78, 5) is 2.32. The summed E-state index contributed by atoms with van der Waals surface area (Å²) in [7, 11) is 0. The molecule has 0 atom stereocenters. The first kappa shape index (κ1) is 19.0. The van der Waals surface area contributed by atoms with E-state index in [9.17, 15) is 0 Å². The Balaban J connectivity index is 1.59. The second kappa shape index (κ2) is 7.69. The smallest absolute Gasteiger partial charge is 0.162 e. The highest BCUT2D eigenvalue weighted by Gasteiger charge is 2.23. The summed E-state index contributed by atoms with van der Waals surface area (Å²) in [6.45, 7) is 6.40. The molecule has 2 aromatic carbocycles. The number of ether oxygens (including phenoxy) is 1. The molecule has 0 fully saturated rings. The third-order valence-electron chi connectivity index (χ3n) is 5.74. The molecule has 30 heavy (non-hydrogen) atoms. The van der Waals surface area contributed by atoms with Crippen molar-refractivity contribution in [3.8, 4) is 11.4 Å². The maximum absolute atomic E-state index is 5.58. The van der Waals surface area contributed by atoms with Crippen LogP contribution >= 0.6 is 12.6 Å². The SMILES string of the molecule is CCOc1ccc(-n2cc3c(C)nnc(N4CCc5ccccc5C4)c3c2S)cc1. The molecular weight excluding hydrogens is 392 g/mol. The molecule has 2 aromatic heterocycles. The highest BCUT2D eigenvalue weighted by molar-refractivity contribution is 7.80. The molecule has 4 aromatic rings. The first-order valence-electron chi connectivity index (χ1n) is 10.3. The molecule has 1 aliphatic heterocycles. The molecule has 0 radical (unpaired) electrons. The maximum atomic E-state index is 5.58. The van der Waals surface area contributed by atoms with Crippen molar-refractivity contribution in [2.24, 2.45) is 0 Å². The van der Waals surface area contributed by atoms with Crippen molar-refractivity contribution in [3.05, 3.63) is 71.5 Å². The number of hydrogen-bond acceptors (Lipinski definition) is 5. The van der Waals surface area contributed by atoms with Gasteiger partial charge in [0.15, 0.2) is 5.82 Å². The molecule has 0 unspecified atom stereocenters. The van der Waals surface area contributed by atoms with Gasteiger partial charge in [0.25, 0.3) is 0 Å². The van der Waals surface area contributed by atoms with Gasteiger partial charge in [0, 0.05) is 30.4 Å². The van der Waals surface area contributed by atoms with Gasteiger partial charge in [0.2, 0.25) is 0 Å². The largest absolute Gasteiger partial charge is 0.494 e. The maximum Gasteiger partial charge on any atom is 0.162 e. The highest BCUT2D eigenvalue weighted by atomic mass is 32.1. The lowest BCUT2D eigenvalue weighted by molar-refractivity contribution is 0.340. The van der Waals surface area contributed by atoms with Gasteiger partial charge in [-0.3, -0.25) is 0 Å². The number of fused-ring (bicyclic) bond motifs is 2. The molecule has 0 spiro atoms. The molecule has 6 heteroatoms. The molecule has 0 saturated heterocycles. The van der Waals surface area contributed by atoms with Crippen LogP contribution in [0.15, 0.2) is 59.8 Å². The minimum atomic E-state index is 0.656. The van der Waals surface area contributed by atoms with E-state index in [0.717, 1.165) is 58.3 Å². The highest BCUT2D eigenvalue weighted by Crippen LogP contribution is 2.36. The molecule has 0 amide bonds. The van der Waals surface area contributed by atoms with Crippen molar-refractivity contribution >= 4 is 29.2 Å². The summed E-state index contributed by atoms with van der Waals surface area (Å²) < 4.78 is 7.68. The quantitative estimate of drug-likeness (QED) is 0.477. The molecule has 3 heterocycles. The third kappa shape index (κ3) is 3.21. The summed E-state index contributed by atoms with van der Waals surface area (Å²) in [5.41, 5.74) is 4.72.